The predicted molar refractivity (Wildman–Crippen MR) is 88.5 cm³/mol. The van der Waals surface area contributed by atoms with Crippen LogP contribution in [0.15, 0.2) is 28.6 Å². The van der Waals surface area contributed by atoms with E-state index in [0.717, 1.165) is 5.56 Å². The summed E-state index contributed by atoms with van der Waals surface area (Å²) in [6.07, 6.45) is 0. The molecule has 1 aromatic heterocycles. The molecule has 3 N–H and O–H groups in total. The van der Waals surface area contributed by atoms with E-state index >= 15 is 0 Å². The molecule has 1 aromatic carbocycles. The van der Waals surface area contributed by atoms with Gasteiger partial charge in [0.25, 0.3) is 0 Å². The first kappa shape index (κ1) is 16.2. The number of anilines is 2. The fraction of sp³-hybridized carbons (Fsp3) is 0.231. The molecule has 3 amide bonds. The molecule has 2 rings (SSSR count). The van der Waals surface area contributed by atoms with Crippen molar-refractivity contribution in [1.82, 2.24) is 15.5 Å². The number of rotatable bonds is 5. The van der Waals surface area contributed by atoms with Gasteiger partial charge in [0, 0.05) is 12.7 Å². The molecule has 0 aliphatic carbocycles. The zero-order chi connectivity index (χ0) is 15.9. The topological polar surface area (TPSA) is 96.0 Å². The van der Waals surface area contributed by atoms with E-state index in [1.165, 1.54) is 23.1 Å². The number of hydrogen-bond donors (Lipinski definition) is 3. The number of carbonyl (C=O) groups excluding carboxylic acids is 2. The molecule has 0 spiro atoms. The highest BCUT2D eigenvalue weighted by Crippen LogP contribution is 2.25. The Labute approximate surface area is 135 Å². The van der Waals surface area contributed by atoms with Crippen LogP contribution in [0.4, 0.5) is 15.6 Å². The van der Waals surface area contributed by atoms with Crippen molar-refractivity contribution in [3.63, 3.8) is 0 Å². The van der Waals surface area contributed by atoms with Gasteiger partial charge in [-0.25, -0.2) is 4.79 Å². The van der Waals surface area contributed by atoms with E-state index in [4.69, 9.17) is 0 Å². The largest absolute Gasteiger partial charge is 0.358 e. The molecule has 0 saturated heterocycles. The first-order valence-electron chi connectivity index (χ1n) is 6.38. The van der Waals surface area contributed by atoms with Gasteiger partial charge in [-0.15, -0.1) is 10.2 Å². The molecule has 116 valence electrons. The lowest BCUT2D eigenvalue weighted by molar-refractivity contribution is -0.118. The minimum Gasteiger partial charge on any atom is -0.358 e. The molecule has 0 saturated carbocycles. The van der Waals surface area contributed by atoms with Crippen LogP contribution in [-0.4, -0.2) is 34.9 Å². The minimum atomic E-state index is -0.386. The highest BCUT2D eigenvalue weighted by atomic mass is 32.2. The van der Waals surface area contributed by atoms with Gasteiger partial charge < -0.3 is 10.6 Å². The molecule has 0 aliphatic heterocycles. The van der Waals surface area contributed by atoms with Crippen molar-refractivity contribution in [3.8, 4) is 0 Å². The number of benzene rings is 1. The molecule has 22 heavy (non-hydrogen) atoms. The van der Waals surface area contributed by atoms with Gasteiger partial charge in [0.15, 0.2) is 4.34 Å². The zero-order valence-electron chi connectivity index (χ0n) is 12.0. The van der Waals surface area contributed by atoms with Crippen LogP contribution in [0.3, 0.4) is 0 Å². The summed E-state index contributed by atoms with van der Waals surface area (Å²) >= 11 is 2.48. The molecular formula is C13H15N5O2S2. The van der Waals surface area contributed by atoms with Crippen LogP contribution in [0.5, 0.6) is 0 Å². The molecule has 1 heterocycles. The molecule has 7 nitrogen and oxygen atoms in total. The van der Waals surface area contributed by atoms with Gasteiger partial charge in [-0.3, -0.25) is 10.1 Å². The highest BCUT2D eigenvalue weighted by Gasteiger charge is 2.10. The monoisotopic (exact) mass is 337 g/mol. The third-order valence-corrected chi connectivity index (χ3v) is 4.51. The van der Waals surface area contributed by atoms with Crippen LogP contribution in [0, 0.1) is 6.92 Å². The Morgan fingerprint density at radius 3 is 2.59 bits per heavy atom. The summed E-state index contributed by atoms with van der Waals surface area (Å²) in [5.41, 5.74) is 1.81. The molecule has 2 aromatic rings. The van der Waals surface area contributed by atoms with Crippen molar-refractivity contribution in [1.29, 1.82) is 0 Å². The van der Waals surface area contributed by atoms with Crippen molar-refractivity contribution in [2.45, 2.75) is 11.3 Å². The van der Waals surface area contributed by atoms with E-state index in [0.29, 0.717) is 15.2 Å². The second-order valence-corrected chi connectivity index (χ2v) is 6.48. The standard InChI is InChI=1S/C13H15N5O2S2/c1-8-3-5-9(6-4-8)15-11(20)16-12-17-18-13(22-12)21-7-10(19)14-2/h3-6H,7H2,1-2H3,(H,14,19)(H2,15,16,17,20). The average molecular weight is 337 g/mol. The summed E-state index contributed by atoms with van der Waals surface area (Å²) in [5.74, 6) is 0.174. The Bertz CT molecular complexity index is 657. The van der Waals surface area contributed by atoms with Gasteiger partial charge in [0.05, 0.1) is 5.75 Å². The Hall–Kier alpha value is -2.13. The maximum absolute atomic E-state index is 11.8. The van der Waals surface area contributed by atoms with E-state index in [9.17, 15) is 9.59 Å². The van der Waals surface area contributed by atoms with E-state index in [-0.39, 0.29) is 17.7 Å². The molecule has 0 fully saturated rings. The van der Waals surface area contributed by atoms with E-state index in [2.05, 4.69) is 26.1 Å². The number of nitrogens with one attached hydrogen (secondary N) is 3. The Balaban J connectivity index is 1.85. The van der Waals surface area contributed by atoms with E-state index in [1.807, 2.05) is 31.2 Å². The SMILES string of the molecule is CNC(=O)CSc1nnc(NC(=O)Nc2ccc(C)cc2)s1. The normalized spacial score (nSPS) is 10.1. The van der Waals surface area contributed by atoms with Crippen molar-refractivity contribution in [2.75, 3.05) is 23.4 Å². The average Bonchev–Trinajstić information content (AvgIpc) is 2.94. The van der Waals surface area contributed by atoms with Crippen LogP contribution >= 0.6 is 23.1 Å². The molecule has 0 atom stereocenters. The van der Waals surface area contributed by atoms with Crippen LogP contribution in [0.25, 0.3) is 0 Å². The van der Waals surface area contributed by atoms with E-state index < -0.39 is 0 Å². The number of thioether (sulfide) groups is 1. The van der Waals surface area contributed by atoms with Crippen molar-refractivity contribution >= 4 is 45.9 Å². The summed E-state index contributed by atoms with van der Waals surface area (Å²) in [6, 6.07) is 7.07. The molecular weight excluding hydrogens is 322 g/mol. The fourth-order valence-corrected chi connectivity index (χ4v) is 3.03. The Kier molecular flexibility index (Phi) is 5.73. The number of urea groups is 1. The van der Waals surface area contributed by atoms with Gasteiger partial charge in [-0.1, -0.05) is 40.8 Å². The van der Waals surface area contributed by atoms with Gasteiger partial charge in [0.2, 0.25) is 11.0 Å². The van der Waals surface area contributed by atoms with Crippen LogP contribution in [0.1, 0.15) is 5.56 Å². The molecule has 0 aliphatic rings. The van der Waals surface area contributed by atoms with Gasteiger partial charge in [-0.2, -0.15) is 0 Å². The lowest BCUT2D eigenvalue weighted by Crippen LogP contribution is -2.19. The lowest BCUT2D eigenvalue weighted by atomic mass is 10.2. The summed E-state index contributed by atoms with van der Waals surface area (Å²) in [6.45, 7) is 1.98. The molecule has 0 bridgehead atoms. The number of carbonyl (C=O) groups is 2. The predicted octanol–water partition coefficient (Wildman–Crippen LogP) is 2.33. The van der Waals surface area contributed by atoms with Crippen LogP contribution in [0.2, 0.25) is 0 Å². The summed E-state index contributed by atoms with van der Waals surface area (Å²) in [4.78, 5) is 23.0. The fourth-order valence-electron chi connectivity index (χ4n) is 1.41. The van der Waals surface area contributed by atoms with Gasteiger partial charge in [0.1, 0.15) is 0 Å². The second-order valence-electron chi connectivity index (χ2n) is 4.28. The third kappa shape index (κ3) is 5.01. The number of aryl methyl sites for hydroxylation is 1. The first-order valence-corrected chi connectivity index (χ1v) is 8.18. The maximum Gasteiger partial charge on any atom is 0.325 e. The minimum absolute atomic E-state index is 0.0909. The first-order chi connectivity index (χ1) is 10.6. The number of hydrogen-bond acceptors (Lipinski definition) is 6. The summed E-state index contributed by atoms with van der Waals surface area (Å²) < 4.78 is 0.620. The Morgan fingerprint density at radius 2 is 1.91 bits per heavy atom. The van der Waals surface area contributed by atoms with Gasteiger partial charge in [-0.05, 0) is 19.1 Å². The zero-order valence-corrected chi connectivity index (χ0v) is 13.7. The van der Waals surface area contributed by atoms with Crippen molar-refractivity contribution in [2.24, 2.45) is 0 Å². The summed E-state index contributed by atoms with van der Waals surface area (Å²) in [7, 11) is 1.57. The van der Waals surface area contributed by atoms with Crippen LogP contribution in [-0.2, 0) is 4.79 Å². The van der Waals surface area contributed by atoms with Crippen molar-refractivity contribution in [3.05, 3.63) is 29.8 Å². The highest BCUT2D eigenvalue weighted by molar-refractivity contribution is 8.01. The molecule has 9 heteroatoms. The molecule has 0 radical (unpaired) electrons. The van der Waals surface area contributed by atoms with E-state index in [1.54, 1.807) is 7.05 Å². The maximum atomic E-state index is 11.8. The van der Waals surface area contributed by atoms with Crippen molar-refractivity contribution < 1.29 is 9.59 Å². The number of aromatic nitrogens is 2. The van der Waals surface area contributed by atoms with Crippen LogP contribution < -0.4 is 16.0 Å². The van der Waals surface area contributed by atoms with Gasteiger partial charge >= 0.3 is 6.03 Å². The molecule has 0 unspecified atom stereocenters. The quantitative estimate of drug-likeness (QED) is 0.575. The summed E-state index contributed by atoms with van der Waals surface area (Å²) in [5, 5.41) is 16.0. The smallest absolute Gasteiger partial charge is 0.325 e. The Morgan fingerprint density at radius 1 is 1.18 bits per heavy atom. The third-order valence-electron chi connectivity index (χ3n) is 2.54. The lowest BCUT2D eigenvalue weighted by Gasteiger charge is -2.04. The number of nitrogens with zero attached hydrogens (tertiary/aromatic N) is 2. The number of amides is 3. The second kappa shape index (κ2) is 7.76.